The number of halogens is 2. The maximum absolute atomic E-state index is 8.99. The summed E-state index contributed by atoms with van der Waals surface area (Å²) in [6.07, 6.45) is 9.04. The minimum atomic E-state index is 0.0377. The highest BCUT2D eigenvalue weighted by atomic mass is 35.5. The van der Waals surface area contributed by atoms with Crippen molar-refractivity contribution in [3.63, 3.8) is 0 Å². The third-order valence-electron chi connectivity index (χ3n) is 4.72. The Balaban J connectivity index is 1.70. The number of aliphatic hydroxyl groups excluding tert-OH is 1. The number of aliphatic hydroxyl groups is 1. The lowest BCUT2D eigenvalue weighted by atomic mass is 10.1. The molecule has 4 rings (SSSR count). The summed E-state index contributed by atoms with van der Waals surface area (Å²) in [5, 5.41) is 22.1. The van der Waals surface area contributed by atoms with Crippen molar-refractivity contribution >= 4 is 46.3 Å². The molecule has 0 radical (unpaired) electrons. The molecule has 0 spiro atoms. The zero-order valence-corrected chi connectivity index (χ0v) is 18.3. The number of nitrogens with one attached hydrogen (secondary N) is 1. The largest absolute Gasteiger partial charge is 0.495 e. The van der Waals surface area contributed by atoms with Crippen molar-refractivity contribution in [3.05, 3.63) is 52.0 Å². The SMILES string of the molecule is COc1cc(OC)c(Cl)c(-c2cc3[nH]nc(C=Cc4cnn(CCO)c4)c3cn2)c1Cl. The first-order valence-electron chi connectivity index (χ1n) is 9.31. The van der Waals surface area contributed by atoms with E-state index in [0.717, 1.165) is 22.2 Å². The Bertz CT molecular complexity index is 1240. The fourth-order valence-electron chi connectivity index (χ4n) is 3.17. The number of hydrogen-bond donors (Lipinski definition) is 2. The minimum Gasteiger partial charge on any atom is -0.495 e. The van der Waals surface area contributed by atoms with E-state index < -0.39 is 0 Å². The number of fused-ring (bicyclic) bond motifs is 1. The molecule has 160 valence electrons. The van der Waals surface area contributed by atoms with Gasteiger partial charge in [-0.3, -0.25) is 14.8 Å². The summed E-state index contributed by atoms with van der Waals surface area (Å²) in [5.74, 6) is 0.879. The average Bonchev–Trinajstić information content (AvgIpc) is 3.39. The van der Waals surface area contributed by atoms with Crippen LogP contribution in [0.15, 0.2) is 30.7 Å². The topological polar surface area (TPSA) is 98.1 Å². The Labute approximate surface area is 188 Å². The second-order valence-corrected chi connectivity index (χ2v) is 7.36. The van der Waals surface area contributed by atoms with Crippen molar-refractivity contribution in [2.24, 2.45) is 0 Å². The van der Waals surface area contributed by atoms with Crippen LogP contribution in [0.3, 0.4) is 0 Å². The van der Waals surface area contributed by atoms with Gasteiger partial charge in [0.25, 0.3) is 0 Å². The van der Waals surface area contributed by atoms with E-state index in [2.05, 4.69) is 20.3 Å². The highest BCUT2D eigenvalue weighted by Gasteiger charge is 2.20. The predicted molar refractivity (Wildman–Crippen MR) is 121 cm³/mol. The van der Waals surface area contributed by atoms with Gasteiger partial charge in [0.15, 0.2) is 0 Å². The van der Waals surface area contributed by atoms with Crippen LogP contribution in [0.4, 0.5) is 0 Å². The Morgan fingerprint density at radius 3 is 2.52 bits per heavy atom. The van der Waals surface area contributed by atoms with Crippen molar-refractivity contribution in [2.75, 3.05) is 20.8 Å². The molecule has 31 heavy (non-hydrogen) atoms. The fourth-order valence-corrected chi connectivity index (χ4v) is 3.87. The predicted octanol–water partition coefficient (Wildman–Crippen LogP) is 4.31. The van der Waals surface area contributed by atoms with Gasteiger partial charge < -0.3 is 14.6 Å². The molecule has 3 heterocycles. The van der Waals surface area contributed by atoms with Crippen LogP contribution in [-0.2, 0) is 6.54 Å². The highest BCUT2D eigenvalue weighted by Crippen LogP contribution is 2.45. The number of rotatable bonds is 7. The molecule has 1 aromatic carbocycles. The molecule has 4 aromatic rings. The number of hydrogen-bond acceptors (Lipinski definition) is 6. The summed E-state index contributed by atoms with van der Waals surface area (Å²) in [4.78, 5) is 4.55. The molecular weight excluding hydrogens is 441 g/mol. The first kappa shape index (κ1) is 21.2. The van der Waals surface area contributed by atoms with E-state index in [1.54, 1.807) is 23.1 Å². The van der Waals surface area contributed by atoms with Gasteiger partial charge in [-0.05, 0) is 18.2 Å². The number of pyridine rings is 1. The van der Waals surface area contributed by atoms with E-state index in [1.807, 2.05) is 24.4 Å². The molecule has 3 aromatic heterocycles. The van der Waals surface area contributed by atoms with Gasteiger partial charge >= 0.3 is 0 Å². The van der Waals surface area contributed by atoms with Crippen LogP contribution in [0, 0.1) is 0 Å². The smallest absolute Gasteiger partial charge is 0.141 e. The van der Waals surface area contributed by atoms with Crippen LogP contribution < -0.4 is 9.47 Å². The number of ether oxygens (including phenoxy) is 2. The first-order chi connectivity index (χ1) is 15.0. The molecule has 0 unspecified atom stereocenters. The number of nitrogens with zero attached hydrogens (tertiary/aromatic N) is 4. The summed E-state index contributed by atoms with van der Waals surface area (Å²) in [6, 6.07) is 3.46. The van der Waals surface area contributed by atoms with E-state index in [1.165, 1.54) is 14.2 Å². The summed E-state index contributed by atoms with van der Waals surface area (Å²) >= 11 is 13.0. The van der Waals surface area contributed by atoms with Gasteiger partial charge in [-0.2, -0.15) is 10.2 Å². The molecule has 0 aliphatic carbocycles. The zero-order valence-electron chi connectivity index (χ0n) is 16.8. The lowest BCUT2D eigenvalue weighted by Gasteiger charge is -2.14. The van der Waals surface area contributed by atoms with Gasteiger partial charge in [0.2, 0.25) is 0 Å². The molecule has 10 heteroatoms. The van der Waals surface area contributed by atoms with Crippen molar-refractivity contribution in [1.29, 1.82) is 0 Å². The Morgan fingerprint density at radius 1 is 1.10 bits per heavy atom. The Hall–Kier alpha value is -3.07. The number of methoxy groups -OCH3 is 2. The van der Waals surface area contributed by atoms with Gasteiger partial charge in [-0.25, -0.2) is 0 Å². The molecule has 2 N–H and O–H groups in total. The zero-order chi connectivity index (χ0) is 22.0. The number of aromatic nitrogens is 5. The molecule has 0 fully saturated rings. The van der Waals surface area contributed by atoms with Gasteiger partial charge in [0.05, 0.1) is 60.5 Å². The van der Waals surface area contributed by atoms with Crippen LogP contribution in [0.25, 0.3) is 34.3 Å². The summed E-state index contributed by atoms with van der Waals surface area (Å²) in [6.45, 7) is 0.488. The van der Waals surface area contributed by atoms with Gasteiger partial charge in [0, 0.05) is 35.0 Å². The number of aromatic amines is 1. The molecule has 0 aliphatic heterocycles. The Morgan fingerprint density at radius 2 is 1.84 bits per heavy atom. The molecule has 8 nitrogen and oxygen atoms in total. The van der Waals surface area contributed by atoms with Crippen molar-refractivity contribution in [3.8, 4) is 22.8 Å². The van der Waals surface area contributed by atoms with E-state index in [0.29, 0.717) is 39.3 Å². The second kappa shape index (κ2) is 8.97. The van der Waals surface area contributed by atoms with Crippen LogP contribution in [0.5, 0.6) is 11.5 Å². The summed E-state index contributed by atoms with van der Waals surface area (Å²) in [7, 11) is 3.05. The third-order valence-corrected chi connectivity index (χ3v) is 5.47. The van der Waals surface area contributed by atoms with Crippen molar-refractivity contribution in [1.82, 2.24) is 25.0 Å². The second-order valence-electron chi connectivity index (χ2n) is 6.60. The van der Waals surface area contributed by atoms with Gasteiger partial charge in [0.1, 0.15) is 11.5 Å². The lowest BCUT2D eigenvalue weighted by molar-refractivity contribution is 0.269. The van der Waals surface area contributed by atoms with Crippen LogP contribution in [-0.4, -0.2) is 50.9 Å². The average molecular weight is 460 g/mol. The number of H-pyrrole nitrogens is 1. The van der Waals surface area contributed by atoms with Crippen molar-refractivity contribution in [2.45, 2.75) is 6.54 Å². The van der Waals surface area contributed by atoms with Gasteiger partial charge in [-0.15, -0.1) is 0 Å². The molecule has 0 aliphatic rings. The van der Waals surface area contributed by atoms with Crippen LogP contribution >= 0.6 is 23.2 Å². The quantitative estimate of drug-likeness (QED) is 0.427. The van der Waals surface area contributed by atoms with E-state index in [4.69, 9.17) is 37.8 Å². The van der Waals surface area contributed by atoms with Crippen molar-refractivity contribution < 1.29 is 14.6 Å². The molecule has 0 saturated carbocycles. The third kappa shape index (κ3) is 4.10. The van der Waals surface area contributed by atoms with E-state index in [-0.39, 0.29) is 6.61 Å². The fraction of sp³-hybridized carbons (Fsp3) is 0.190. The maximum atomic E-state index is 8.99. The molecule has 0 amide bonds. The van der Waals surface area contributed by atoms with E-state index in [9.17, 15) is 0 Å². The molecule has 0 bridgehead atoms. The summed E-state index contributed by atoms with van der Waals surface area (Å²) in [5.41, 5.74) is 3.48. The first-order valence-corrected chi connectivity index (χ1v) is 10.1. The minimum absolute atomic E-state index is 0.0377. The highest BCUT2D eigenvalue weighted by molar-refractivity contribution is 6.41. The monoisotopic (exact) mass is 459 g/mol. The molecule has 0 saturated heterocycles. The lowest BCUT2D eigenvalue weighted by Crippen LogP contribution is -2.01. The van der Waals surface area contributed by atoms with Gasteiger partial charge in [-0.1, -0.05) is 23.2 Å². The summed E-state index contributed by atoms with van der Waals surface area (Å²) < 4.78 is 12.4. The van der Waals surface area contributed by atoms with Crippen LogP contribution in [0.1, 0.15) is 11.3 Å². The van der Waals surface area contributed by atoms with E-state index >= 15 is 0 Å². The van der Waals surface area contributed by atoms with Crippen LogP contribution in [0.2, 0.25) is 10.0 Å². The Kier molecular flexibility index (Phi) is 6.13. The molecular formula is C21H19Cl2N5O3. The number of benzene rings is 1. The maximum Gasteiger partial charge on any atom is 0.141 e. The standard InChI is InChI=1S/C21H19Cl2N5O3/c1-30-17-8-18(31-2)21(23)19(20(17)22)16-7-15-13(10-24-16)14(26-27-15)4-3-12-9-25-28(11-12)5-6-29/h3-4,7-11,29H,5-6H2,1-2H3,(H,26,27). The molecule has 0 atom stereocenters. The normalized spacial score (nSPS) is 11.5.